The van der Waals surface area contributed by atoms with Crippen LogP contribution in [-0.2, 0) is 4.74 Å². The molecule has 0 spiro atoms. The van der Waals surface area contributed by atoms with E-state index >= 15 is 0 Å². The van der Waals surface area contributed by atoms with Gasteiger partial charge in [-0.1, -0.05) is 6.92 Å². The number of nitrogens with zero attached hydrogens (tertiary/aromatic N) is 1. The summed E-state index contributed by atoms with van der Waals surface area (Å²) in [4.78, 5) is 29.7. The number of carbonyl (C=O) groups is 1. The summed E-state index contributed by atoms with van der Waals surface area (Å²) < 4.78 is 4.75. The molecule has 1 fully saturated rings. The van der Waals surface area contributed by atoms with Crippen LogP contribution in [0.25, 0.3) is 0 Å². The lowest BCUT2D eigenvalue weighted by atomic mass is 10.3. The number of aromatic amines is 1. The Labute approximate surface area is 92.9 Å². The zero-order valence-electron chi connectivity index (χ0n) is 9.32. The Morgan fingerprint density at radius 3 is 2.88 bits per heavy atom. The highest BCUT2D eigenvalue weighted by molar-refractivity contribution is 5.88. The van der Waals surface area contributed by atoms with Crippen LogP contribution < -0.4 is 5.56 Å². The first-order chi connectivity index (χ1) is 7.63. The summed E-state index contributed by atoms with van der Waals surface area (Å²) in [5.74, 6) is 0.956. The van der Waals surface area contributed by atoms with Crippen LogP contribution in [0.3, 0.4) is 0 Å². The van der Waals surface area contributed by atoms with Crippen molar-refractivity contribution in [2.75, 3.05) is 6.61 Å². The topological polar surface area (TPSA) is 72.0 Å². The largest absolute Gasteiger partial charge is 0.462 e. The second kappa shape index (κ2) is 4.08. The highest BCUT2D eigenvalue weighted by Crippen LogP contribution is 2.44. The Kier molecular flexibility index (Phi) is 2.77. The third-order valence-electron chi connectivity index (χ3n) is 2.78. The van der Waals surface area contributed by atoms with Crippen molar-refractivity contribution in [3.63, 3.8) is 0 Å². The predicted molar refractivity (Wildman–Crippen MR) is 57.3 cm³/mol. The van der Waals surface area contributed by atoms with Gasteiger partial charge in [0.2, 0.25) is 0 Å². The molecule has 2 atom stereocenters. The molecule has 1 saturated carbocycles. The van der Waals surface area contributed by atoms with Crippen molar-refractivity contribution in [3.8, 4) is 0 Å². The molecule has 86 valence electrons. The third kappa shape index (κ3) is 1.98. The van der Waals surface area contributed by atoms with E-state index in [4.69, 9.17) is 4.74 Å². The van der Waals surface area contributed by atoms with E-state index in [9.17, 15) is 9.59 Å². The molecule has 0 amide bonds. The summed E-state index contributed by atoms with van der Waals surface area (Å²) in [5, 5.41) is 0. The molecule has 2 unspecified atom stereocenters. The Bertz CT molecular complexity index is 467. The maximum atomic E-state index is 11.6. The average molecular weight is 222 g/mol. The maximum absolute atomic E-state index is 11.6. The van der Waals surface area contributed by atoms with E-state index in [1.807, 2.05) is 0 Å². The van der Waals surface area contributed by atoms with E-state index in [-0.39, 0.29) is 12.2 Å². The monoisotopic (exact) mass is 222 g/mol. The Morgan fingerprint density at radius 2 is 2.38 bits per heavy atom. The van der Waals surface area contributed by atoms with Crippen molar-refractivity contribution < 1.29 is 9.53 Å². The second-order valence-corrected chi connectivity index (χ2v) is 4.05. The Morgan fingerprint density at radius 1 is 1.69 bits per heavy atom. The predicted octanol–water partition coefficient (Wildman–Crippen LogP) is 1.07. The number of rotatable bonds is 3. The molecule has 0 saturated heterocycles. The molecule has 1 aliphatic rings. The van der Waals surface area contributed by atoms with E-state index in [1.165, 1.54) is 6.20 Å². The fourth-order valence-corrected chi connectivity index (χ4v) is 1.65. The minimum atomic E-state index is -0.619. The summed E-state index contributed by atoms with van der Waals surface area (Å²) in [6.07, 6.45) is 2.35. The van der Waals surface area contributed by atoms with E-state index in [0.717, 1.165) is 6.42 Å². The SMILES string of the molecule is CCOC(=O)c1cnc(C2CC2C)[nH]c1=O. The van der Waals surface area contributed by atoms with Crippen LogP contribution in [0.15, 0.2) is 11.0 Å². The van der Waals surface area contributed by atoms with E-state index < -0.39 is 11.5 Å². The fourth-order valence-electron chi connectivity index (χ4n) is 1.65. The summed E-state index contributed by atoms with van der Waals surface area (Å²) >= 11 is 0. The molecule has 2 rings (SSSR count). The van der Waals surface area contributed by atoms with Gasteiger partial charge in [0.25, 0.3) is 5.56 Å². The van der Waals surface area contributed by atoms with Crippen LogP contribution in [0.1, 0.15) is 42.4 Å². The average Bonchev–Trinajstić information content (AvgIpc) is 2.95. The van der Waals surface area contributed by atoms with Crippen molar-refractivity contribution in [2.45, 2.75) is 26.2 Å². The molecule has 0 aromatic carbocycles. The van der Waals surface area contributed by atoms with Gasteiger partial charge >= 0.3 is 5.97 Å². The Balaban J connectivity index is 2.23. The summed E-state index contributed by atoms with van der Waals surface area (Å²) in [6, 6.07) is 0. The van der Waals surface area contributed by atoms with Crippen molar-refractivity contribution >= 4 is 5.97 Å². The van der Waals surface area contributed by atoms with Gasteiger partial charge in [-0.25, -0.2) is 9.78 Å². The number of hydrogen-bond donors (Lipinski definition) is 1. The number of nitrogens with one attached hydrogen (secondary N) is 1. The van der Waals surface area contributed by atoms with Gasteiger partial charge < -0.3 is 9.72 Å². The van der Waals surface area contributed by atoms with Crippen molar-refractivity contribution in [1.29, 1.82) is 0 Å². The summed E-state index contributed by atoms with van der Waals surface area (Å²) in [5.41, 5.74) is -0.443. The lowest BCUT2D eigenvalue weighted by Crippen LogP contribution is -2.21. The molecule has 0 aliphatic heterocycles. The van der Waals surface area contributed by atoms with Crippen LogP contribution in [0, 0.1) is 5.92 Å². The summed E-state index contributed by atoms with van der Waals surface area (Å²) in [6.45, 7) is 4.05. The first-order valence-corrected chi connectivity index (χ1v) is 5.39. The molecule has 0 radical (unpaired) electrons. The number of aromatic nitrogens is 2. The van der Waals surface area contributed by atoms with Gasteiger partial charge in [-0.15, -0.1) is 0 Å². The smallest absolute Gasteiger partial charge is 0.345 e. The first-order valence-electron chi connectivity index (χ1n) is 5.39. The number of ether oxygens (including phenoxy) is 1. The van der Waals surface area contributed by atoms with E-state index in [1.54, 1.807) is 6.92 Å². The molecule has 5 nitrogen and oxygen atoms in total. The Hall–Kier alpha value is -1.65. The molecule has 1 aromatic rings. The number of carbonyl (C=O) groups excluding carboxylic acids is 1. The molecule has 16 heavy (non-hydrogen) atoms. The molecule has 1 aromatic heterocycles. The van der Waals surface area contributed by atoms with Crippen LogP contribution >= 0.6 is 0 Å². The minimum Gasteiger partial charge on any atom is -0.462 e. The standard InChI is InChI=1S/C11H14N2O3/c1-3-16-11(15)8-5-12-9(13-10(8)14)7-4-6(7)2/h5-7H,3-4H2,1-2H3,(H,12,13,14). The van der Waals surface area contributed by atoms with Gasteiger partial charge in [0.15, 0.2) is 0 Å². The molecule has 1 aliphatic carbocycles. The number of hydrogen-bond acceptors (Lipinski definition) is 4. The van der Waals surface area contributed by atoms with Crippen LogP contribution in [0.5, 0.6) is 0 Å². The van der Waals surface area contributed by atoms with Gasteiger partial charge in [-0.2, -0.15) is 0 Å². The molecule has 1 heterocycles. The zero-order valence-corrected chi connectivity index (χ0v) is 9.32. The molecule has 0 bridgehead atoms. The van der Waals surface area contributed by atoms with Crippen LogP contribution in [0.2, 0.25) is 0 Å². The van der Waals surface area contributed by atoms with Crippen LogP contribution in [0.4, 0.5) is 0 Å². The van der Waals surface area contributed by atoms with E-state index in [0.29, 0.717) is 17.7 Å². The number of esters is 1. The molecular formula is C11H14N2O3. The molecular weight excluding hydrogens is 208 g/mol. The summed E-state index contributed by atoms with van der Waals surface area (Å²) in [7, 11) is 0. The zero-order chi connectivity index (χ0) is 11.7. The van der Waals surface area contributed by atoms with Gasteiger partial charge in [0, 0.05) is 12.1 Å². The van der Waals surface area contributed by atoms with Crippen molar-refractivity contribution in [3.05, 3.63) is 27.9 Å². The van der Waals surface area contributed by atoms with Crippen molar-refractivity contribution in [2.24, 2.45) is 5.92 Å². The lowest BCUT2D eigenvalue weighted by molar-refractivity contribution is 0.0523. The third-order valence-corrected chi connectivity index (χ3v) is 2.78. The van der Waals surface area contributed by atoms with Crippen LogP contribution in [-0.4, -0.2) is 22.5 Å². The highest BCUT2D eigenvalue weighted by Gasteiger charge is 2.36. The lowest BCUT2D eigenvalue weighted by Gasteiger charge is -2.02. The first kappa shape index (κ1) is 10.9. The number of H-pyrrole nitrogens is 1. The van der Waals surface area contributed by atoms with Gasteiger partial charge in [-0.3, -0.25) is 4.79 Å². The van der Waals surface area contributed by atoms with E-state index in [2.05, 4.69) is 16.9 Å². The van der Waals surface area contributed by atoms with Gasteiger partial charge in [0.05, 0.1) is 6.61 Å². The van der Waals surface area contributed by atoms with Gasteiger partial charge in [-0.05, 0) is 19.3 Å². The maximum Gasteiger partial charge on any atom is 0.345 e. The van der Waals surface area contributed by atoms with Crippen molar-refractivity contribution in [1.82, 2.24) is 9.97 Å². The fraction of sp³-hybridized carbons (Fsp3) is 0.545. The quantitative estimate of drug-likeness (QED) is 0.776. The highest BCUT2D eigenvalue weighted by atomic mass is 16.5. The second-order valence-electron chi connectivity index (χ2n) is 4.05. The molecule has 5 heteroatoms. The minimum absolute atomic E-state index is 0.0288. The molecule has 1 N–H and O–H groups in total. The van der Waals surface area contributed by atoms with Gasteiger partial charge in [0.1, 0.15) is 11.4 Å². The normalized spacial score (nSPS) is 22.9.